The fraction of sp³-hybridized carbons (Fsp3) is 0.0698. The molecule has 0 unspecified atom stereocenters. The molecule has 7 aromatic carbocycles. The molecule has 0 saturated carbocycles. The van der Waals surface area contributed by atoms with Gasteiger partial charge in [0.15, 0.2) is 0 Å². The van der Waals surface area contributed by atoms with Gasteiger partial charge in [-0.05, 0) is 104 Å². The molecule has 8 rings (SSSR count). The first-order valence-electron chi connectivity index (χ1n) is 15.4. The van der Waals surface area contributed by atoms with E-state index in [1.807, 2.05) is 12.1 Å². The Bertz CT molecular complexity index is 2330. The molecule has 0 aliphatic heterocycles. The van der Waals surface area contributed by atoms with Gasteiger partial charge in [0.25, 0.3) is 0 Å². The highest BCUT2D eigenvalue weighted by Crippen LogP contribution is 2.45. The molecule has 210 valence electrons. The summed E-state index contributed by atoms with van der Waals surface area (Å²) in [6.45, 7) is 4.41. The Morgan fingerprint density at radius 3 is 1.75 bits per heavy atom. The van der Waals surface area contributed by atoms with E-state index in [4.69, 9.17) is 4.42 Å². The van der Waals surface area contributed by atoms with Crippen LogP contribution in [-0.2, 0) is 0 Å². The van der Waals surface area contributed by atoms with Crippen LogP contribution in [0.25, 0.3) is 82.9 Å². The molecule has 0 aliphatic carbocycles. The van der Waals surface area contributed by atoms with Crippen molar-refractivity contribution in [2.45, 2.75) is 20.3 Å². The van der Waals surface area contributed by atoms with Crippen molar-refractivity contribution in [2.75, 3.05) is 0 Å². The summed E-state index contributed by atoms with van der Waals surface area (Å²) in [5, 5.41) is 7.31. The van der Waals surface area contributed by atoms with Crippen LogP contribution >= 0.6 is 0 Å². The van der Waals surface area contributed by atoms with Gasteiger partial charge in [-0.3, -0.25) is 0 Å². The van der Waals surface area contributed by atoms with Crippen LogP contribution in [0.3, 0.4) is 0 Å². The number of rotatable bonds is 5. The van der Waals surface area contributed by atoms with Crippen molar-refractivity contribution >= 4 is 49.6 Å². The van der Waals surface area contributed by atoms with E-state index < -0.39 is 0 Å². The van der Waals surface area contributed by atoms with E-state index in [-0.39, 0.29) is 0 Å². The molecule has 1 heteroatoms. The highest BCUT2D eigenvalue weighted by molar-refractivity contribution is 6.22. The average Bonchev–Trinajstić information content (AvgIpc) is 3.45. The van der Waals surface area contributed by atoms with Gasteiger partial charge in [-0.15, -0.1) is 0 Å². The summed E-state index contributed by atoms with van der Waals surface area (Å²) in [7, 11) is 0. The van der Waals surface area contributed by atoms with E-state index in [0.717, 1.165) is 28.4 Å². The second kappa shape index (κ2) is 10.7. The minimum absolute atomic E-state index is 0.918. The maximum atomic E-state index is 6.17. The monoisotopic (exact) mass is 564 g/mol. The summed E-state index contributed by atoms with van der Waals surface area (Å²) >= 11 is 0. The SMILES string of the molecule is CC/C=C\c1cccc(-c2cccc(-c3c4ccccc4c(-c4ccc5oc6ccccc6c5c4)c4ccccc34)c2)c1C. The van der Waals surface area contributed by atoms with E-state index in [2.05, 4.69) is 147 Å². The summed E-state index contributed by atoms with van der Waals surface area (Å²) in [6, 6.07) is 48.4. The van der Waals surface area contributed by atoms with Crippen molar-refractivity contribution in [1.29, 1.82) is 0 Å². The topological polar surface area (TPSA) is 13.1 Å². The molecule has 0 aliphatic rings. The zero-order chi connectivity index (χ0) is 29.6. The average molecular weight is 565 g/mol. The molecule has 0 radical (unpaired) electrons. The lowest BCUT2D eigenvalue weighted by atomic mass is 9.85. The molecule has 0 N–H and O–H groups in total. The summed E-state index contributed by atoms with van der Waals surface area (Å²) in [5.41, 5.74) is 11.9. The minimum atomic E-state index is 0.918. The Hall–Kier alpha value is -5.40. The quantitative estimate of drug-likeness (QED) is 0.190. The first kappa shape index (κ1) is 26.2. The van der Waals surface area contributed by atoms with Gasteiger partial charge in [-0.2, -0.15) is 0 Å². The lowest BCUT2D eigenvalue weighted by Gasteiger charge is -2.18. The Labute approximate surface area is 257 Å². The van der Waals surface area contributed by atoms with Crippen LogP contribution in [0.1, 0.15) is 24.5 Å². The number of fused-ring (bicyclic) bond motifs is 5. The van der Waals surface area contributed by atoms with Crippen LogP contribution in [0.15, 0.2) is 144 Å². The predicted octanol–water partition coefficient (Wildman–Crippen LogP) is 12.6. The molecule has 0 saturated heterocycles. The van der Waals surface area contributed by atoms with Gasteiger partial charge in [-0.25, -0.2) is 0 Å². The number of hydrogen-bond acceptors (Lipinski definition) is 1. The van der Waals surface area contributed by atoms with Crippen LogP contribution < -0.4 is 0 Å². The number of allylic oxidation sites excluding steroid dienone is 1. The molecule has 8 aromatic rings. The first-order valence-corrected chi connectivity index (χ1v) is 15.4. The number of furan rings is 1. The van der Waals surface area contributed by atoms with Gasteiger partial charge >= 0.3 is 0 Å². The van der Waals surface area contributed by atoms with Crippen molar-refractivity contribution in [3.63, 3.8) is 0 Å². The Morgan fingerprint density at radius 1 is 0.500 bits per heavy atom. The zero-order valence-corrected chi connectivity index (χ0v) is 25.0. The Morgan fingerprint density at radius 2 is 1.07 bits per heavy atom. The number of hydrogen-bond donors (Lipinski definition) is 0. The second-order valence-corrected chi connectivity index (χ2v) is 11.6. The third kappa shape index (κ3) is 4.24. The maximum absolute atomic E-state index is 6.17. The molecule has 1 aromatic heterocycles. The molecular formula is C43H32O. The first-order chi connectivity index (χ1) is 21.7. The van der Waals surface area contributed by atoms with Crippen molar-refractivity contribution in [3.05, 3.63) is 151 Å². The van der Waals surface area contributed by atoms with Gasteiger partial charge in [0.1, 0.15) is 11.2 Å². The van der Waals surface area contributed by atoms with Crippen molar-refractivity contribution in [1.82, 2.24) is 0 Å². The van der Waals surface area contributed by atoms with Gasteiger partial charge in [0.05, 0.1) is 0 Å². The van der Waals surface area contributed by atoms with Crippen LogP contribution in [0, 0.1) is 6.92 Å². The number of para-hydroxylation sites is 1. The predicted molar refractivity (Wildman–Crippen MR) is 189 cm³/mol. The van der Waals surface area contributed by atoms with Crippen LogP contribution in [0.4, 0.5) is 0 Å². The van der Waals surface area contributed by atoms with Gasteiger partial charge in [0.2, 0.25) is 0 Å². The van der Waals surface area contributed by atoms with Gasteiger partial charge in [0, 0.05) is 10.8 Å². The van der Waals surface area contributed by atoms with Crippen LogP contribution in [0.5, 0.6) is 0 Å². The third-order valence-electron chi connectivity index (χ3n) is 8.97. The van der Waals surface area contributed by atoms with Crippen molar-refractivity contribution < 1.29 is 4.42 Å². The highest BCUT2D eigenvalue weighted by Gasteiger charge is 2.18. The number of benzene rings is 7. The fourth-order valence-corrected chi connectivity index (χ4v) is 6.87. The zero-order valence-electron chi connectivity index (χ0n) is 25.0. The fourth-order valence-electron chi connectivity index (χ4n) is 6.87. The summed E-state index contributed by atoms with van der Waals surface area (Å²) in [5.74, 6) is 0. The normalized spacial score (nSPS) is 11.9. The summed E-state index contributed by atoms with van der Waals surface area (Å²) in [6.07, 6.45) is 5.50. The van der Waals surface area contributed by atoms with Gasteiger partial charge < -0.3 is 4.42 Å². The molecule has 0 atom stereocenters. The largest absolute Gasteiger partial charge is 0.456 e. The molecule has 0 fully saturated rings. The lowest BCUT2D eigenvalue weighted by molar-refractivity contribution is 0.669. The van der Waals surface area contributed by atoms with Gasteiger partial charge in [-0.1, -0.05) is 128 Å². The Balaban J connectivity index is 1.38. The van der Waals surface area contributed by atoms with E-state index in [1.165, 1.54) is 66.1 Å². The van der Waals surface area contributed by atoms with E-state index in [0.29, 0.717) is 0 Å². The highest BCUT2D eigenvalue weighted by atomic mass is 16.3. The summed E-state index contributed by atoms with van der Waals surface area (Å²) < 4.78 is 6.17. The third-order valence-corrected chi connectivity index (χ3v) is 8.97. The molecule has 0 amide bonds. The molecular weight excluding hydrogens is 532 g/mol. The van der Waals surface area contributed by atoms with Crippen molar-refractivity contribution in [3.8, 4) is 33.4 Å². The molecule has 1 nitrogen and oxygen atoms in total. The smallest absolute Gasteiger partial charge is 0.135 e. The molecule has 44 heavy (non-hydrogen) atoms. The summed E-state index contributed by atoms with van der Waals surface area (Å²) in [4.78, 5) is 0. The molecule has 0 bridgehead atoms. The second-order valence-electron chi connectivity index (χ2n) is 11.6. The van der Waals surface area contributed by atoms with E-state index in [9.17, 15) is 0 Å². The Kier molecular flexibility index (Phi) is 6.38. The lowest BCUT2D eigenvalue weighted by Crippen LogP contribution is -1.92. The van der Waals surface area contributed by atoms with E-state index in [1.54, 1.807) is 0 Å². The maximum Gasteiger partial charge on any atom is 0.135 e. The standard InChI is InChI=1S/C43H32O/c1-3-4-13-29-14-12-22-33(28(29)2)30-15-11-16-31(26-30)42-35-18-5-7-20-37(35)43(38-21-8-6-19-36(38)42)32-24-25-41-39(27-32)34-17-9-10-23-40(34)44-41/h4-27H,3H2,1-2H3/b13-4-. The minimum Gasteiger partial charge on any atom is -0.456 e. The van der Waals surface area contributed by atoms with Crippen LogP contribution in [-0.4, -0.2) is 0 Å². The molecule has 0 spiro atoms. The van der Waals surface area contributed by atoms with Crippen molar-refractivity contribution in [2.24, 2.45) is 0 Å². The van der Waals surface area contributed by atoms with E-state index >= 15 is 0 Å². The van der Waals surface area contributed by atoms with Crippen LogP contribution in [0.2, 0.25) is 0 Å². The molecule has 1 heterocycles.